The fourth-order valence-electron chi connectivity index (χ4n) is 3.65. The predicted molar refractivity (Wildman–Crippen MR) is 109 cm³/mol. The fraction of sp³-hybridized carbons (Fsp3) is 0.381. The van der Waals surface area contributed by atoms with Crippen LogP contribution in [0.15, 0.2) is 35.0 Å². The topological polar surface area (TPSA) is 83.3 Å². The normalized spacial score (nSPS) is 19.7. The zero-order chi connectivity index (χ0) is 20.7. The van der Waals surface area contributed by atoms with E-state index in [2.05, 4.69) is 39.3 Å². The average Bonchev–Trinajstić information content (AvgIpc) is 3.02. The monoisotopic (exact) mass is 397 g/mol. The van der Waals surface area contributed by atoms with Crippen LogP contribution in [0.2, 0.25) is 0 Å². The molecular weight excluding hydrogens is 373 g/mol. The predicted octanol–water partition coefficient (Wildman–Crippen LogP) is 4.40. The highest BCUT2D eigenvalue weighted by molar-refractivity contribution is 5.89. The van der Waals surface area contributed by atoms with E-state index in [4.69, 9.17) is 4.42 Å². The molecule has 1 aliphatic heterocycles. The van der Waals surface area contributed by atoms with Gasteiger partial charge in [-0.1, -0.05) is 6.92 Å². The number of nitrogens with one attached hydrogen (secondary N) is 2. The summed E-state index contributed by atoms with van der Waals surface area (Å²) >= 11 is 0. The van der Waals surface area contributed by atoms with Crippen molar-refractivity contribution in [2.45, 2.75) is 39.8 Å². The SMILES string of the molecule is Cc1c([C@@H](C)NC(=O)Nc2cnc(N3C[C@@H](C)[C@@H]3C)nc2)oc2ccc(F)cc12. The Kier molecular flexibility index (Phi) is 4.86. The molecule has 1 aromatic carbocycles. The second-order valence-electron chi connectivity index (χ2n) is 7.69. The number of fused-ring (bicyclic) bond motifs is 1. The molecule has 0 aliphatic carbocycles. The van der Waals surface area contributed by atoms with Crippen LogP contribution in [0.3, 0.4) is 0 Å². The number of aromatic nitrogens is 2. The van der Waals surface area contributed by atoms with Gasteiger partial charge in [-0.15, -0.1) is 0 Å². The third-order valence-electron chi connectivity index (χ3n) is 5.63. The average molecular weight is 397 g/mol. The molecule has 2 amide bonds. The Morgan fingerprint density at radius 1 is 1.31 bits per heavy atom. The van der Waals surface area contributed by atoms with Crippen LogP contribution < -0.4 is 15.5 Å². The van der Waals surface area contributed by atoms with E-state index in [9.17, 15) is 9.18 Å². The fourth-order valence-corrected chi connectivity index (χ4v) is 3.65. The summed E-state index contributed by atoms with van der Waals surface area (Å²) in [6.07, 6.45) is 3.19. The van der Waals surface area contributed by atoms with Gasteiger partial charge < -0.3 is 20.0 Å². The summed E-state index contributed by atoms with van der Waals surface area (Å²) in [7, 11) is 0. The van der Waals surface area contributed by atoms with E-state index in [-0.39, 0.29) is 5.82 Å². The minimum Gasteiger partial charge on any atom is -0.459 e. The number of carbonyl (C=O) groups excluding carboxylic acids is 1. The Morgan fingerprint density at radius 2 is 2.03 bits per heavy atom. The second-order valence-corrected chi connectivity index (χ2v) is 7.69. The number of nitrogens with zero attached hydrogens (tertiary/aromatic N) is 3. The van der Waals surface area contributed by atoms with E-state index >= 15 is 0 Å². The number of aryl methyl sites for hydroxylation is 1. The molecule has 3 aromatic rings. The van der Waals surface area contributed by atoms with Crippen LogP contribution in [0, 0.1) is 18.7 Å². The number of benzene rings is 1. The molecule has 0 spiro atoms. The van der Waals surface area contributed by atoms with Crippen molar-refractivity contribution < 1.29 is 13.6 Å². The summed E-state index contributed by atoms with van der Waals surface area (Å²) in [5.41, 5.74) is 1.90. The Labute approximate surface area is 168 Å². The molecule has 152 valence electrons. The van der Waals surface area contributed by atoms with Crippen LogP contribution in [0.1, 0.15) is 38.1 Å². The van der Waals surface area contributed by atoms with Crippen LogP contribution in [0.5, 0.6) is 0 Å². The lowest BCUT2D eigenvalue weighted by atomic mass is 9.93. The van der Waals surface area contributed by atoms with E-state index in [1.54, 1.807) is 18.5 Å². The smallest absolute Gasteiger partial charge is 0.319 e. The molecule has 7 nitrogen and oxygen atoms in total. The number of amides is 2. The van der Waals surface area contributed by atoms with Gasteiger partial charge in [-0.2, -0.15) is 0 Å². The van der Waals surface area contributed by atoms with Crippen molar-refractivity contribution in [2.75, 3.05) is 16.8 Å². The summed E-state index contributed by atoms with van der Waals surface area (Å²) in [4.78, 5) is 23.2. The number of hydrogen-bond acceptors (Lipinski definition) is 5. The Morgan fingerprint density at radius 3 is 2.69 bits per heavy atom. The van der Waals surface area contributed by atoms with E-state index < -0.39 is 12.1 Å². The van der Waals surface area contributed by atoms with E-state index in [1.165, 1.54) is 12.1 Å². The lowest BCUT2D eigenvalue weighted by Gasteiger charge is -2.44. The van der Waals surface area contributed by atoms with Gasteiger partial charge in [0.05, 0.1) is 24.1 Å². The largest absolute Gasteiger partial charge is 0.459 e. The molecule has 3 heterocycles. The van der Waals surface area contributed by atoms with Gasteiger partial charge in [0.1, 0.15) is 17.2 Å². The van der Waals surface area contributed by atoms with Gasteiger partial charge in [0, 0.05) is 23.5 Å². The van der Waals surface area contributed by atoms with Gasteiger partial charge in [0.25, 0.3) is 0 Å². The maximum absolute atomic E-state index is 13.5. The van der Waals surface area contributed by atoms with Crippen molar-refractivity contribution in [3.63, 3.8) is 0 Å². The number of halogens is 1. The second kappa shape index (κ2) is 7.35. The van der Waals surface area contributed by atoms with Crippen molar-refractivity contribution in [1.82, 2.24) is 15.3 Å². The molecule has 8 heteroatoms. The molecule has 2 aromatic heterocycles. The molecule has 0 bridgehead atoms. The molecule has 0 unspecified atom stereocenters. The molecule has 2 N–H and O–H groups in total. The maximum Gasteiger partial charge on any atom is 0.319 e. The minimum atomic E-state index is -0.397. The van der Waals surface area contributed by atoms with Gasteiger partial charge in [-0.3, -0.25) is 0 Å². The van der Waals surface area contributed by atoms with E-state index in [0.29, 0.717) is 40.3 Å². The molecular formula is C21H24FN5O2. The third kappa shape index (κ3) is 3.62. The standard InChI is InChI=1S/C21H24FN5O2/c1-11-10-27(14(11)4)20-23-8-16(9-24-20)26-21(28)25-13(3)19-12(2)17-7-15(22)5-6-18(17)29-19/h5-9,11,13-14H,10H2,1-4H3,(H2,25,26,28)/t11-,13-,14+/m1/s1. The first kappa shape index (κ1) is 19.2. The summed E-state index contributed by atoms with van der Waals surface area (Å²) in [6, 6.07) is 4.00. The number of furan rings is 1. The van der Waals surface area contributed by atoms with Gasteiger partial charge in [-0.05, 0) is 44.9 Å². The number of rotatable bonds is 4. The Bertz CT molecular complexity index is 1050. The number of anilines is 2. The molecule has 0 saturated carbocycles. The zero-order valence-electron chi connectivity index (χ0n) is 16.9. The van der Waals surface area contributed by atoms with Crippen molar-refractivity contribution in [3.05, 3.63) is 47.7 Å². The van der Waals surface area contributed by atoms with Gasteiger partial charge in [-0.25, -0.2) is 19.2 Å². The number of urea groups is 1. The van der Waals surface area contributed by atoms with Crippen molar-refractivity contribution in [1.29, 1.82) is 0 Å². The summed E-state index contributed by atoms with van der Waals surface area (Å²) in [5, 5.41) is 6.26. The highest BCUT2D eigenvalue weighted by Crippen LogP contribution is 2.30. The molecule has 1 aliphatic rings. The first-order valence-electron chi connectivity index (χ1n) is 9.68. The molecule has 3 atom stereocenters. The minimum absolute atomic E-state index is 0.322. The summed E-state index contributed by atoms with van der Waals surface area (Å²) < 4.78 is 19.3. The Hall–Kier alpha value is -3.16. The van der Waals surface area contributed by atoms with Crippen molar-refractivity contribution in [2.24, 2.45) is 5.92 Å². The Balaban J connectivity index is 1.40. The van der Waals surface area contributed by atoms with Crippen molar-refractivity contribution >= 4 is 28.6 Å². The first-order chi connectivity index (χ1) is 13.8. The zero-order valence-corrected chi connectivity index (χ0v) is 16.9. The van der Waals surface area contributed by atoms with Crippen LogP contribution in [-0.4, -0.2) is 28.6 Å². The van der Waals surface area contributed by atoms with Gasteiger partial charge >= 0.3 is 6.03 Å². The van der Waals surface area contributed by atoms with Gasteiger partial charge in [0.2, 0.25) is 5.95 Å². The molecule has 1 saturated heterocycles. The summed E-state index contributed by atoms with van der Waals surface area (Å²) in [6.45, 7) is 8.94. The van der Waals surface area contributed by atoms with E-state index in [0.717, 1.165) is 12.1 Å². The van der Waals surface area contributed by atoms with Crippen LogP contribution >= 0.6 is 0 Å². The third-order valence-corrected chi connectivity index (χ3v) is 5.63. The number of carbonyl (C=O) groups is 1. The summed E-state index contributed by atoms with van der Waals surface area (Å²) in [5.74, 6) is 1.56. The van der Waals surface area contributed by atoms with E-state index in [1.807, 2.05) is 13.8 Å². The van der Waals surface area contributed by atoms with Crippen LogP contribution in [0.4, 0.5) is 20.8 Å². The molecule has 4 rings (SSSR count). The maximum atomic E-state index is 13.5. The quantitative estimate of drug-likeness (QED) is 0.682. The highest BCUT2D eigenvalue weighted by Gasteiger charge is 2.33. The van der Waals surface area contributed by atoms with Crippen LogP contribution in [0.25, 0.3) is 11.0 Å². The molecule has 29 heavy (non-hydrogen) atoms. The molecule has 1 fully saturated rings. The van der Waals surface area contributed by atoms with Crippen LogP contribution in [-0.2, 0) is 0 Å². The lowest BCUT2D eigenvalue weighted by molar-refractivity contribution is 0.247. The highest BCUT2D eigenvalue weighted by atomic mass is 19.1. The first-order valence-corrected chi connectivity index (χ1v) is 9.68. The lowest BCUT2D eigenvalue weighted by Crippen LogP contribution is -2.54. The van der Waals surface area contributed by atoms with Crippen molar-refractivity contribution in [3.8, 4) is 0 Å². The van der Waals surface area contributed by atoms with Gasteiger partial charge in [0.15, 0.2) is 0 Å². The molecule has 0 radical (unpaired) electrons. The number of hydrogen-bond donors (Lipinski definition) is 2.